The van der Waals surface area contributed by atoms with Gasteiger partial charge in [0.25, 0.3) is 0 Å². The van der Waals surface area contributed by atoms with Crippen molar-refractivity contribution in [1.82, 2.24) is 0 Å². The van der Waals surface area contributed by atoms with Crippen LogP contribution in [0, 0.1) is 27.7 Å². The van der Waals surface area contributed by atoms with Gasteiger partial charge in [-0.05, 0) is 63.8 Å². The van der Waals surface area contributed by atoms with E-state index in [0.29, 0.717) is 0 Å². The normalized spacial score (nSPS) is 10.4. The van der Waals surface area contributed by atoms with Gasteiger partial charge in [-0.3, -0.25) is 9.59 Å². The van der Waals surface area contributed by atoms with Gasteiger partial charge in [0.05, 0.1) is 0 Å². The van der Waals surface area contributed by atoms with Crippen molar-refractivity contribution in [3.8, 4) is 0 Å². The fourth-order valence-electron chi connectivity index (χ4n) is 2.37. The van der Waals surface area contributed by atoms with Crippen molar-refractivity contribution in [2.75, 3.05) is 0 Å². The minimum absolute atomic E-state index is 0.0660. The van der Waals surface area contributed by atoms with Gasteiger partial charge in [0.15, 0.2) is 11.6 Å². The summed E-state index contributed by atoms with van der Waals surface area (Å²) >= 11 is 0. The zero-order chi connectivity index (χ0) is 12.6. The first-order valence-corrected chi connectivity index (χ1v) is 5.41. The molecule has 0 amide bonds. The Morgan fingerprint density at radius 1 is 0.625 bits per heavy atom. The van der Waals surface area contributed by atoms with E-state index >= 15 is 0 Å². The van der Waals surface area contributed by atoms with Crippen LogP contribution in [-0.4, -0.2) is 11.6 Å². The summed E-state index contributed by atoms with van der Waals surface area (Å²) in [5, 5.41) is 0. The molecule has 0 radical (unpaired) electrons. The van der Waals surface area contributed by atoms with Gasteiger partial charge < -0.3 is 0 Å². The molecule has 0 aliphatic carbocycles. The second-order valence-electron chi connectivity index (χ2n) is 4.36. The summed E-state index contributed by atoms with van der Waals surface area (Å²) in [4.78, 5) is 23.2. The Kier molecular flexibility index (Phi) is 3.32. The molecule has 0 saturated carbocycles. The summed E-state index contributed by atoms with van der Waals surface area (Å²) in [7, 11) is 0. The van der Waals surface area contributed by atoms with Crippen molar-refractivity contribution in [2.24, 2.45) is 0 Å². The van der Waals surface area contributed by atoms with Crippen molar-refractivity contribution in [2.45, 2.75) is 41.5 Å². The number of carbonyl (C=O) groups is 2. The fraction of sp³-hybridized carbons (Fsp3) is 0.429. The standard InChI is InChI=1S/C14H18O2/c1-7-8(2)14(12(6)16)10(4)9(3)13(7)11(5)15/h1-6H3. The molecule has 1 aromatic rings. The minimum Gasteiger partial charge on any atom is -0.294 e. The third-order valence-electron chi connectivity index (χ3n) is 3.33. The van der Waals surface area contributed by atoms with Crippen LogP contribution in [0.4, 0.5) is 0 Å². The summed E-state index contributed by atoms with van der Waals surface area (Å²) in [6.45, 7) is 10.8. The molecular weight excluding hydrogens is 200 g/mol. The van der Waals surface area contributed by atoms with Crippen molar-refractivity contribution >= 4 is 11.6 Å². The average Bonchev–Trinajstić information content (AvgIpc) is 2.14. The van der Waals surface area contributed by atoms with Crippen LogP contribution in [0.5, 0.6) is 0 Å². The molecule has 0 aliphatic rings. The van der Waals surface area contributed by atoms with Crippen LogP contribution in [0.3, 0.4) is 0 Å². The van der Waals surface area contributed by atoms with Crippen LogP contribution >= 0.6 is 0 Å². The number of carbonyl (C=O) groups excluding carboxylic acids is 2. The van der Waals surface area contributed by atoms with Crippen molar-refractivity contribution in [3.05, 3.63) is 33.4 Å². The molecular formula is C14H18O2. The predicted molar refractivity (Wildman–Crippen MR) is 65.4 cm³/mol. The van der Waals surface area contributed by atoms with Crippen LogP contribution in [0.15, 0.2) is 0 Å². The second kappa shape index (κ2) is 4.20. The molecule has 2 heteroatoms. The van der Waals surface area contributed by atoms with Gasteiger partial charge >= 0.3 is 0 Å². The zero-order valence-corrected chi connectivity index (χ0v) is 10.8. The molecule has 1 rings (SSSR count). The minimum atomic E-state index is 0.0660. The Morgan fingerprint density at radius 2 is 0.812 bits per heavy atom. The Hall–Kier alpha value is -1.44. The molecule has 0 heterocycles. The molecule has 0 N–H and O–H groups in total. The highest BCUT2D eigenvalue weighted by molar-refractivity contribution is 6.02. The number of rotatable bonds is 2. The van der Waals surface area contributed by atoms with Crippen molar-refractivity contribution in [1.29, 1.82) is 0 Å². The highest BCUT2D eigenvalue weighted by Crippen LogP contribution is 2.27. The molecule has 0 saturated heterocycles. The van der Waals surface area contributed by atoms with Gasteiger partial charge in [-0.1, -0.05) is 0 Å². The first kappa shape index (κ1) is 12.6. The van der Waals surface area contributed by atoms with Gasteiger partial charge in [-0.2, -0.15) is 0 Å². The molecule has 0 aromatic heterocycles. The molecule has 16 heavy (non-hydrogen) atoms. The molecule has 0 atom stereocenters. The van der Waals surface area contributed by atoms with Crippen LogP contribution < -0.4 is 0 Å². The Labute approximate surface area is 96.7 Å². The van der Waals surface area contributed by atoms with Gasteiger partial charge in [-0.25, -0.2) is 0 Å². The van der Waals surface area contributed by atoms with E-state index in [1.165, 1.54) is 0 Å². The molecule has 0 unspecified atom stereocenters. The lowest BCUT2D eigenvalue weighted by Crippen LogP contribution is -2.10. The molecule has 0 aliphatic heterocycles. The third-order valence-corrected chi connectivity index (χ3v) is 3.33. The zero-order valence-electron chi connectivity index (χ0n) is 10.8. The van der Waals surface area contributed by atoms with Crippen molar-refractivity contribution in [3.63, 3.8) is 0 Å². The first-order valence-electron chi connectivity index (χ1n) is 5.41. The summed E-state index contributed by atoms with van der Waals surface area (Å²) in [6, 6.07) is 0. The molecule has 1 aromatic carbocycles. The fourth-order valence-corrected chi connectivity index (χ4v) is 2.37. The highest BCUT2D eigenvalue weighted by atomic mass is 16.1. The van der Waals surface area contributed by atoms with Gasteiger partial charge in [0.2, 0.25) is 0 Å². The quantitative estimate of drug-likeness (QED) is 0.713. The summed E-state index contributed by atoms with van der Waals surface area (Å²) < 4.78 is 0. The first-order chi connectivity index (χ1) is 7.29. The summed E-state index contributed by atoms with van der Waals surface area (Å²) in [5.41, 5.74) is 5.25. The lowest BCUT2D eigenvalue weighted by atomic mass is 9.86. The highest BCUT2D eigenvalue weighted by Gasteiger charge is 2.19. The molecule has 0 bridgehead atoms. The molecule has 0 fully saturated rings. The molecule has 0 spiro atoms. The number of hydrogen-bond donors (Lipinski definition) is 0. The number of Topliss-reactive ketones (excluding diaryl/α,β-unsaturated/α-hetero) is 2. The predicted octanol–water partition coefficient (Wildman–Crippen LogP) is 3.33. The van der Waals surface area contributed by atoms with E-state index in [0.717, 1.165) is 33.4 Å². The molecule has 86 valence electrons. The lowest BCUT2D eigenvalue weighted by Gasteiger charge is -2.17. The maximum Gasteiger partial charge on any atom is 0.160 e. The Morgan fingerprint density at radius 3 is 0.938 bits per heavy atom. The van der Waals surface area contributed by atoms with Gasteiger partial charge in [-0.15, -0.1) is 0 Å². The van der Waals surface area contributed by atoms with Crippen LogP contribution in [-0.2, 0) is 0 Å². The second-order valence-corrected chi connectivity index (χ2v) is 4.36. The van der Waals surface area contributed by atoms with Gasteiger partial charge in [0.1, 0.15) is 0 Å². The Balaban J connectivity index is 3.77. The smallest absolute Gasteiger partial charge is 0.160 e. The molecule has 2 nitrogen and oxygen atoms in total. The number of ketones is 2. The van der Waals surface area contributed by atoms with Crippen LogP contribution in [0.1, 0.15) is 56.8 Å². The average molecular weight is 218 g/mol. The van der Waals surface area contributed by atoms with E-state index in [-0.39, 0.29) is 11.6 Å². The largest absolute Gasteiger partial charge is 0.294 e. The van der Waals surface area contributed by atoms with Crippen molar-refractivity contribution < 1.29 is 9.59 Å². The summed E-state index contributed by atoms with van der Waals surface area (Å²) in [6.07, 6.45) is 0. The number of benzene rings is 1. The third kappa shape index (κ3) is 1.80. The van der Waals surface area contributed by atoms with Gasteiger partial charge in [0, 0.05) is 11.1 Å². The van der Waals surface area contributed by atoms with E-state index in [1.54, 1.807) is 13.8 Å². The van der Waals surface area contributed by atoms with Crippen LogP contribution in [0.2, 0.25) is 0 Å². The SMILES string of the molecule is CC(=O)c1c(C)c(C)c(C(C)=O)c(C)c1C. The van der Waals surface area contributed by atoms with E-state index in [4.69, 9.17) is 0 Å². The topological polar surface area (TPSA) is 34.1 Å². The number of hydrogen-bond acceptors (Lipinski definition) is 2. The maximum absolute atomic E-state index is 11.6. The maximum atomic E-state index is 11.6. The van der Waals surface area contributed by atoms with E-state index in [2.05, 4.69) is 0 Å². The Bertz CT molecular complexity index is 408. The van der Waals surface area contributed by atoms with Crippen LogP contribution in [0.25, 0.3) is 0 Å². The van der Waals surface area contributed by atoms with E-state index in [9.17, 15) is 9.59 Å². The monoisotopic (exact) mass is 218 g/mol. The van der Waals surface area contributed by atoms with E-state index < -0.39 is 0 Å². The summed E-state index contributed by atoms with van der Waals surface area (Å²) in [5.74, 6) is 0.132. The van der Waals surface area contributed by atoms with E-state index in [1.807, 2.05) is 27.7 Å². The lowest BCUT2D eigenvalue weighted by molar-refractivity contribution is 0.0999.